The second-order valence-electron chi connectivity index (χ2n) is 17.5. The maximum atomic E-state index is 5.17. The third-order valence-electron chi connectivity index (χ3n) is 13.7. The lowest BCUT2D eigenvalue weighted by molar-refractivity contribution is 0.769. The average Bonchev–Trinajstić information content (AvgIpc) is 3.91. The van der Waals surface area contributed by atoms with E-state index in [0.29, 0.717) is 17.5 Å². The van der Waals surface area contributed by atoms with Gasteiger partial charge < -0.3 is 4.57 Å². The van der Waals surface area contributed by atoms with E-state index in [2.05, 4.69) is 223 Å². The first kappa shape index (κ1) is 39.4. The lowest BCUT2D eigenvalue weighted by Crippen LogP contribution is -2.28. The molecule has 0 saturated heterocycles. The largest absolute Gasteiger partial charge is 0.309 e. The van der Waals surface area contributed by atoms with Crippen LogP contribution in [0.4, 0.5) is 0 Å². The summed E-state index contributed by atoms with van der Waals surface area (Å²) in [4.78, 5) is 15.3. The zero-order valence-corrected chi connectivity index (χ0v) is 37.0. The van der Waals surface area contributed by atoms with Gasteiger partial charge >= 0.3 is 0 Å². The molecular formula is C64H42N4. The Bertz CT molecular complexity index is 3730. The van der Waals surface area contributed by atoms with Crippen LogP contribution >= 0.6 is 0 Å². The van der Waals surface area contributed by atoms with E-state index in [4.69, 9.17) is 15.0 Å². The van der Waals surface area contributed by atoms with E-state index in [-0.39, 0.29) is 0 Å². The topological polar surface area (TPSA) is 43.6 Å². The van der Waals surface area contributed by atoms with Crippen LogP contribution in [0, 0.1) is 0 Å². The van der Waals surface area contributed by atoms with E-state index in [1.54, 1.807) is 0 Å². The highest BCUT2D eigenvalue weighted by molar-refractivity contribution is 6.11. The van der Waals surface area contributed by atoms with Gasteiger partial charge in [0, 0.05) is 33.2 Å². The maximum absolute atomic E-state index is 5.17. The lowest BCUT2D eigenvalue weighted by Gasteiger charge is -2.34. The van der Waals surface area contributed by atoms with Crippen LogP contribution in [0.1, 0.15) is 22.3 Å². The van der Waals surface area contributed by atoms with Crippen LogP contribution in [0.2, 0.25) is 0 Å². The molecule has 0 atom stereocenters. The number of fused-ring (bicyclic) bond motifs is 6. The number of hydrogen-bond donors (Lipinski definition) is 0. The van der Waals surface area contributed by atoms with Crippen LogP contribution in [0.25, 0.3) is 95.0 Å². The summed E-state index contributed by atoms with van der Waals surface area (Å²) in [5.74, 6) is 1.89. The van der Waals surface area contributed by atoms with Crippen LogP contribution in [0.15, 0.2) is 255 Å². The fourth-order valence-electron chi connectivity index (χ4n) is 10.7. The zero-order valence-electron chi connectivity index (χ0n) is 37.0. The minimum Gasteiger partial charge on any atom is -0.309 e. The number of benzene rings is 10. The molecule has 4 nitrogen and oxygen atoms in total. The molecular weight excluding hydrogens is 825 g/mol. The van der Waals surface area contributed by atoms with Gasteiger partial charge in [-0.3, -0.25) is 0 Å². The van der Waals surface area contributed by atoms with Gasteiger partial charge in [-0.2, -0.15) is 0 Å². The number of rotatable bonds is 8. The molecule has 12 aromatic rings. The second kappa shape index (κ2) is 16.2. The van der Waals surface area contributed by atoms with Crippen molar-refractivity contribution < 1.29 is 0 Å². The summed E-state index contributed by atoms with van der Waals surface area (Å²) in [6, 6.07) is 91.6. The Morgan fingerprint density at radius 2 is 0.765 bits per heavy atom. The molecule has 0 aliphatic heterocycles. The molecule has 0 amide bonds. The van der Waals surface area contributed by atoms with Gasteiger partial charge in [-0.25, -0.2) is 15.0 Å². The summed E-state index contributed by atoms with van der Waals surface area (Å²) >= 11 is 0. The first-order valence-electron chi connectivity index (χ1n) is 23.2. The van der Waals surface area contributed by atoms with E-state index in [9.17, 15) is 0 Å². The Hall–Kier alpha value is -8.99. The first-order chi connectivity index (χ1) is 33.7. The maximum Gasteiger partial charge on any atom is 0.164 e. The first-order valence-corrected chi connectivity index (χ1v) is 23.2. The highest BCUT2D eigenvalue weighted by atomic mass is 15.0. The molecule has 0 fully saturated rings. The minimum absolute atomic E-state index is 0.574. The number of hydrogen-bond acceptors (Lipinski definition) is 3. The Morgan fingerprint density at radius 1 is 0.279 bits per heavy atom. The quantitative estimate of drug-likeness (QED) is 0.153. The standard InChI is InChI=1S/C64H42N4/c1-6-21-43(22-7-1)61-65-62(44-23-8-2-9-24-44)67-63(66-61)47-26-20-25-45(39-47)54-42-58-55(51-33-16-18-35-57(51)64(58,48-27-10-3-11-28-48)49-29-12-4-13-30-49)41-53(54)46-37-38-60-56(40-46)52-34-17-19-36-59(52)68(60)50-31-14-5-15-32-50/h1-42H. The van der Waals surface area contributed by atoms with Crippen molar-refractivity contribution in [1.82, 2.24) is 19.5 Å². The van der Waals surface area contributed by atoms with Crippen molar-refractivity contribution in [2.45, 2.75) is 5.41 Å². The average molecular weight is 867 g/mol. The van der Waals surface area contributed by atoms with E-state index >= 15 is 0 Å². The van der Waals surface area contributed by atoms with E-state index in [0.717, 1.165) is 44.6 Å². The molecule has 0 saturated carbocycles. The van der Waals surface area contributed by atoms with Crippen molar-refractivity contribution in [3.63, 3.8) is 0 Å². The van der Waals surface area contributed by atoms with Gasteiger partial charge in [-0.05, 0) is 104 Å². The molecule has 4 heteroatoms. The van der Waals surface area contributed by atoms with Crippen molar-refractivity contribution in [3.8, 4) is 73.2 Å². The Labute approximate surface area is 395 Å². The molecule has 0 bridgehead atoms. The van der Waals surface area contributed by atoms with Crippen LogP contribution in [0.3, 0.4) is 0 Å². The molecule has 0 unspecified atom stereocenters. The molecule has 1 aliphatic carbocycles. The Morgan fingerprint density at radius 3 is 1.43 bits per heavy atom. The number of aromatic nitrogens is 4. The van der Waals surface area contributed by atoms with Crippen LogP contribution < -0.4 is 0 Å². The summed E-state index contributed by atoms with van der Waals surface area (Å²) in [6.45, 7) is 0. The predicted octanol–water partition coefficient (Wildman–Crippen LogP) is 15.7. The molecule has 318 valence electrons. The lowest BCUT2D eigenvalue weighted by atomic mass is 9.67. The summed E-state index contributed by atoms with van der Waals surface area (Å²) in [6.07, 6.45) is 0. The Kier molecular flexibility index (Phi) is 9.36. The number of nitrogens with zero attached hydrogens (tertiary/aromatic N) is 4. The molecule has 1 aliphatic rings. The summed E-state index contributed by atoms with van der Waals surface area (Å²) in [5.41, 5.74) is 17.6. The summed E-state index contributed by atoms with van der Waals surface area (Å²) in [7, 11) is 0. The van der Waals surface area contributed by atoms with Gasteiger partial charge in [-0.1, -0.05) is 206 Å². The van der Waals surface area contributed by atoms with E-state index < -0.39 is 5.41 Å². The van der Waals surface area contributed by atoms with Gasteiger partial charge in [0.05, 0.1) is 16.4 Å². The number of para-hydroxylation sites is 2. The normalized spacial score (nSPS) is 12.5. The third kappa shape index (κ3) is 6.34. The van der Waals surface area contributed by atoms with Crippen LogP contribution in [0.5, 0.6) is 0 Å². The second-order valence-corrected chi connectivity index (χ2v) is 17.5. The molecule has 13 rings (SSSR count). The minimum atomic E-state index is -0.574. The summed E-state index contributed by atoms with van der Waals surface area (Å²) in [5, 5.41) is 2.42. The van der Waals surface area contributed by atoms with Crippen molar-refractivity contribution in [1.29, 1.82) is 0 Å². The van der Waals surface area contributed by atoms with E-state index in [1.165, 1.54) is 55.2 Å². The molecule has 0 spiro atoms. The fourth-order valence-corrected chi connectivity index (χ4v) is 10.7. The zero-order chi connectivity index (χ0) is 45.0. The Balaban J connectivity index is 1.09. The van der Waals surface area contributed by atoms with Gasteiger partial charge in [0.25, 0.3) is 0 Å². The van der Waals surface area contributed by atoms with Gasteiger partial charge in [0.15, 0.2) is 17.5 Å². The fraction of sp³-hybridized carbons (Fsp3) is 0.0156. The third-order valence-corrected chi connectivity index (χ3v) is 13.7. The van der Waals surface area contributed by atoms with Gasteiger partial charge in [0.2, 0.25) is 0 Å². The van der Waals surface area contributed by atoms with Crippen LogP contribution in [-0.4, -0.2) is 19.5 Å². The molecule has 2 heterocycles. The predicted molar refractivity (Wildman–Crippen MR) is 279 cm³/mol. The van der Waals surface area contributed by atoms with Crippen molar-refractivity contribution in [2.75, 3.05) is 0 Å². The van der Waals surface area contributed by atoms with Crippen LogP contribution in [-0.2, 0) is 5.41 Å². The monoisotopic (exact) mass is 866 g/mol. The van der Waals surface area contributed by atoms with Crippen molar-refractivity contribution in [3.05, 3.63) is 277 Å². The molecule has 0 N–H and O–H groups in total. The van der Waals surface area contributed by atoms with E-state index in [1.807, 2.05) is 36.4 Å². The van der Waals surface area contributed by atoms with Gasteiger partial charge in [0.1, 0.15) is 0 Å². The molecule has 68 heavy (non-hydrogen) atoms. The highest BCUT2D eigenvalue weighted by Crippen LogP contribution is 2.58. The van der Waals surface area contributed by atoms with Gasteiger partial charge in [-0.15, -0.1) is 0 Å². The molecule has 2 aromatic heterocycles. The SMILES string of the molecule is c1ccc(-c2nc(-c3ccccc3)nc(-c3cccc(-c4cc5c(cc4-c4ccc6c(c4)c4ccccc4n6-c4ccccc4)-c4ccccc4C5(c4ccccc4)c4ccccc4)c3)n2)cc1. The highest BCUT2D eigenvalue weighted by Gasteiger charge is 2.46. The summed E-state index contributed by atoms with van der Waals surface area (Å²) < 4.78 is 2.38. The van der Waals surface area contributed by atoms with Crippen molar-refractivity contribution >= 4 is 21.8 Å². The molecule has 0 radical (unpaired) electrons. The molecule has 10 aromatic carbocycles. The smallest absolute Gasteiger partial charge is 0.164 e. The van der Waals surface area contributed by atoms with Crippen molar-refractivity contribution in [2.24, 2.45) is 0 Å².